The summed E-state index contributed by atoms with van der Waals surface area (Å²) in [7, 11) is 0. The van der Waals surface area contributed by atoms with Crippen molar-refractivity contribution in [2.75, 3.05) is 36.4 Å². The van der Waals surface area contributed by atoms with Gasteiger partial charge in [-0.05, 0) is 44.1 Å². The van der Waals surface area contributed by atoms with Crippen LogP contribution in [-0.2, 0) is 0 Å². The molecule has 0 atom stereocenters. The maximum absolute atomic E-state index is 13.4. The monoisotopic (exact) mass is 553 g/mol. The standard InChI is InChI=1S/C27H29F2N7O4/c1-3-34(4-2)17-10-13-35(14-11-17)21-16-24(39-26(28)29)20(15-22(21)36(37)38)32-27-30-12-9-19(31-27)25-18-7-5-6-8-23(18)40-33-25/h5-9,12,15-17,26H,3-4,10-11,13-14H2,1-2H3,(H,30,31,32). The van der Waals surface area contributed by atoms with E-state index >= 15 is 0 Å². The first kappa shape index (κ1) is 27.2. The molecule has 2 aromatic carbocycles. The van der Waals surface area contributed by atoms with E-state index in [1.165, 1.54) is 18.3 Å². The molecule has 5 rings (SSSR count). The van der Waals surface area contributed by atoms with Gasteiger partial charge in [0, 0.05) is 37.5 Å². The molecular formula is C27H29F2N7O4. The van der Waals surface area contributed by atoms with Gasteiger partial charge in [-0.15, -0.1) is 0 Å². The van der Waals surface area contributed by atoms with Crippen molar-refractivity contribution >= 4 is 34.0 Å². The number of aromatic nitrogens is 3. The quantitative estimate of drug-likeness (QED) is 0.189. The normalized spacial score (nSPS) is 14.3. The third-order valence-corrected chi connectivity index (χ3v) is 7.15. The van der Waals surface area contributed by atoms with Gasteiger partial charge in [-0.2, -0.15) is 8.78 Å². The molecule has 4 aromatic rings. The molecule has 40 heavy (non-hydrogen) atoms. The summed E-state index contributed by atoms with van der Waals surface area (Å²) in [5.41, 5.74) is 1.40. The Bertz CT molecular complexity index is 1490. The van der Waals surface area contributed by atoms with Gasteiger partial charge in [-0.25, -0.2) is 9.97 Å². The van der Waals surface area contributed by atoms with Crippen LogP contribution < -0.4 is 15.0 Å². The molecule has 1 aliphatic rings. The molecule has 210 valence electrons. The van der Waals surface area contributed by atoms with Crippen LogP contribution in [0.25, 0.3) is 22.4 Å². The predicted molar refractivity (Wildman–Crippen MR) is 146 cm³/mol. The second-order valence-electron chi connectivity index (χ2n) is 9.33. The third-order valence-electron chi connectivity index (χ3n) is 7.15. The number of ether oxygens (including phenoxy) is 1. The maximum Gasteiger partial charge on any atom is 0.387 e. The smallest absolute Gasteiger partial charge is 0.387 e. The number of hydrogen-bond donors (Lipinski definition) is 1. The van der Waals surface area contributed by atoms with Crippen molar-refractivity contribution in [3.05, 3.63) is 58.8 Å². The van der Waals surface area contributed by atoms with Gasteiger partial charge in [0.2, 0.25) is 5.95 Å². The number of para-hydroxylation sites is 1. The predicted octanol–water partition coefficient (Wildman–Crippen LogP) is 5.85. The van der Waals surface area contributed by atoms with Crippen LogP contribution in [0.5, 0.6) is 5.75 Å². The second kappa shape index (κ2) is 11.8. The molecule has 1 fully saturated rings. The number of hydrogen-bond acceptors (Lipinski definition) is 10. The molecule has 0 radical (unpaired) electrons. The van der Waals surface area contributed by atoms with Crippen molar-refractivity contribution in [2.45, 2.75) is 39.3 Å². The maximum atomic E-state index is 13.4. The van der Waals surface area contributed by atoms with E-state index in [1.807, 2.05) is 23.1 Å². The number of benzene rings is 2. The lowest BCUT2D eigenvalue weighted by molar-refractivity contribution is -0.384. The zero-order valence-electron chi connectivity index (χ0n) is 22.1. The van der Waals surface area contributed by atoms with Gasteiger partial charge >= 0.3 is 6.61 Å². The van der Waals surface area contributed by atoms with Crippen LogP contribution in [0.4, 0.5) is 31.8 Å². The molecule has 0 saturated carbocycles. The lowest BCUT2D eigenvalue weighted by Crippen LogP contribution is -2.45. The van der Waals surface area contributed by atoms with Crippen molar-refractivity contribution in [1.29, 1.82) is 0 Å². The summed E-state index contributed by atoms with van der Waals surface area (Å²) in [5, 5.41) is 19.7. The average Bonchev–Trinajstić information content (AvgIpc) is 3.39. The van der Waals surface area contributed by atoms with E-state index in [0.717, 1.165) is 31.3 Å². The highest BCUT2D eigenvalue weighted by Crippen LogP contribution is 2.41. The minimum atomic E-state index is -3.14. The number of halogens is 2. The molecule has 0 unspecified atom stereocenters. The fourth-order valence-electron chi connectivity index (χ4n) is 5.20. The van der Waals surface area contributed by atoms with Crippen LogP contribution in [-0.4, -0.2) is 63.8 Å². The van der Waals surface area contributed by atoms with Gasteiger partial charge in [0.15, 0.2) is 11.3 Å². The minimum absolute atomic E-state index is 0.0192. The van der Waals surface area contributed by atoms with Gasteiger partial charge in [-0.3, -0.25) is 10.1 Å². The lowest BCUT2D eigenvalue weighted by Gasteiger charge is -2.38. The average molecular weight is 554 g/mol. The highest BCUT2D eigenvalue weighted by Gasteiger charge is 2.29. The van der Waals surface area contributed by atoms with E-state index in [9.17, 15) is 18.9 Å². The first-order valence-corrected chi connectivity index (χ1v) is 13.1. The van der Waals surface area contributed by atoms with Crippen molar-refractivity contribution in [1.82, 2.24) is 20.0 Å². The molecule has 0 bridgehead atoms. The molecule has 2 aromatic heterocycles. The van der Waals surface area contributed by atoms with Crippen LogP contribution in [0.2, 0.25) is 0 Å². The number of rotatable bonds is 10. The SMILES string of the molecule is CCN(CC)C1CCN(c2cc(OC(F)F)c(Nc3nccc(-c4noc5ccccc45)n3)cc2[N+](=O)[O-])CC1. The number of alkyl halides is 2. The van der Waals surface area contributed by atoms with E-state index in [-0.39, 0.29) is 28.8 Å². The highest BCUT2D eigenvalue weighted by molar-refractivity contribution is 5.90. The zero-order valence-corrected chi connectivity index (χ0v) is 22.1. The molecule has 13 heteroatoms. The number of nitro groups is 1. The van der Waals surface area contributed by atoms with Crippen LogP contribution in [0, 0.1) is 10.1 Å². The molecule has 1 N–H and O–H groups in total. The Hall–Kier alpha value is -4.39. The topological polar surface area (TPSA) is 123 Å². The second-order valence-corrected chi connectivity index (χ2v) is 9.33. The zero-order chi connectivity index (χ0) is 28.2. The molecule has 0 spiro atoms. The van der Waals surface area contributed by atoms with Gasteiger partial charge in [0.1, 0.15) is 11.4 Å². The Kier molecular flexibility index (Phi) is 8.01. The Labute approximate surface area is 228 Å². The van der Waals surface area contributed by atoms with Gasteiger partial charge < -0.3 is 24.4 Å². The first-order valence-electron chi connectivity index (χ1n) is 13.1. The van der Waals surface area contributed by atoms with Crippen LogP contribution in [0.3, 0.4) is 0 Å². The number of fused-ring (bicyclic) bond motifs is 1. The van der Waals surface area contributed by atoms with E-state index < -0.39 is 11.5 Å². The van der Waals surface area contributed by atoms with Crippen LogP contribution in [0.15, 0.2) is 53.2 Å². The Morgan fingerprint density at radius 2 is 1.95 bits per heavy atom. The Morgan fingerprint density at radius 1 is 1.20 bits per heavy atom. The molecule has 0 aliphatic carbocycles. The highest BCUT2D eigenvalue weighted by atomic mass is 19.3. The van der Waals surface area contributed by atoms with Gasteiger partial charge in [0.25, 0.3) is 5.69 Å². The molecule has 0 amide bonds. The summed E-state index contributed by atoms with van der Waals surface area (Å²) in [4.78, 5) is 24.4. The first-order chi connectivity index (χ1) is 19.4. The van der Waals surface area contributed by atoms with E-state index in [4.69, 9.17) is 9.26 Å². The van der Waals surface area contributed by atoms with Crippen LogP contribution >= 0.6 is 0 Å². The Balaban J connectivity index is 1.46. The van der Waals surface area contributed by atoms with E-state index in [0.29, 0.717) is 36.1 Å². The van der Waals surface area contributed by atoms with Crippen LogP contribution in [0.1, 0.15) is 26.7 Å². The molecule has 1 aliphatic heterocycles. The number of nitrogens with one attached hydrogen (secondary N) is 1. The lowest BCUT2D eigenvalue weighted by atomic mass is 10.0. The van der Waals surface area contributed by atoms with Crippen molar-refractivity contribution < 1.29 is 23.0 Å². The summed E-state index contributed by atoms with van der Waals surface area (Å²) in [6.07, 6.45) is 3.08. The summed E-state index contributed by atoms with van der Waals surface area (Å²) in [6.45, 7) is 4.02. The van der Waals surface area contributed by atoms with Gasteiger partial charge in [-0.1, -0.05) is 31.1 Å². The fraction of sp³-hybridized carbons (Fsp3) is 0.370. The number of piperidine rings is 1. The number of nitrogens with zero attached hydrogens (tertiary/aromatic N) is 6. The Morgan fingerprint density at radius 3 is 2.65 bits per heavy atom. The number of nitro benzene ring substituents is 1. The molecule has 11 nitrogen and oxygen atoms in total. The van der Waals surface area contributed by atoms with E-state index in [1.54, 1.807) is 12.1 Å². The summed E-state index contributed by atoms with van der Waals surface area (Å²) < 4.78 is 37.0. The third kappa shape index (κ3) is 5.64. The molecule has 3 heterocycles. The summed E-state index contributed by atoms with van der Waals surface area (Å²) in [6, 6.07) is 11.7. The van der Waals surface area contributed by atoms with Crippen molar-refractivity contribution in [3.8, 4) is 17.1 Å². The number of anilines is 3. The largest absolute Gasteiger partial charge is 0.433 e. The van der Waals surface area contributed by atoms with Crippen molar-refractivity contribution in [3.63, 3.8) is 0 Å². The summed E-state index contributed by atoms with van der Waals surface area (Å²) in [5.74, 6) is -0.229. The van der Waals surface area contributed by atoms with Gasteiger partial charge in [0.05, 0.1) is 21.7 Å². The summed E-state index contributed by atoms with van der Waals surface area (Å²) >= 11 is 0. The molecule has 1 saturated heterocycles. The van der Waals surface area contributed by atoms with Crippen molar-refractivity contribution in [2.24, 2.45) is 0 Å². The minimum Gasteiger partial charge on any atom is -0.433 e. The molecular weight excluding hydrogens is 524 g/mol. The van der Waals surface area contributed by atoms with E-state index in [2.05, 4.69) is 39.2 Å². The fourth-order valence-corrected chi connectivity index (χ4v) is 5.20.